The molecule has 0 aromatic carbocycles. The first-order valence-corrected chi connectivity index (χ1v) is 7.76. The van der Waals surface area contributed by atoms with E-state index in [0.29, 0.717) is 10.5 Å². The van der Waals surface area contributed by atoms with Crippen molar-refractivity contribution in [2.75, 3.05) is 20.3 Å². The zero-order chi connectivity index (χ0) is 13.0. The number of nitrogens with one attached hydrogen (secondary N) is 1. The Bertz CT molecular complexity index is 294. The fourth-order valence-corrected chi connectivity index (χ4v) is 4.65. The lowest BCUT2D eigenvalue weighted by Crippen LogP contribution is -2.54. The molecule has 0 spiro atoms. The third-order valence-electron chi connectivity index (χ3n) is 4.15. The van der Waals surface area contributed by atoms with Gasteiger partial charge in [0, 0.05) is 23.7 Å². The zero-order valence-electron chi connectivity index (χ0n) is 11.0. The van der Waals surface area contributed by atoms with Gasteiger partial charge >= 0.3 is 5.97 Å². The average molecular weight is 273 g/mol. The Morgan fingerprint density at radius 2 is 2.06 bits per heavy atom. The van der Waals surface area contributed by atoms with Crippen LogP contribution in [-0.2, 0) is 9.53 Å². The van der Waals surface area contributed by atoms with Crippen LogP contribution in [0.1, 0.15) is 38.5 Å². The minimum Gasteiger partial charge on any atom is -0.480 e. The Labute approximate surface area is 113 Å². The van der Waals surface area contributed by atoms with Gasteiger partial charge in [-0.25, -0.2) is 0 Å². The predicted molar refractivity (Wildman–Crippen MR) is 73.1 cm³/mol. The van der Waals surface area contributed by atoms with Crippen molar-refractivity contribution in [1.29, 1.82) is 0 Å². The van der Waals surface area contributed by atoms with E-state index in [0.717, 1.165) is 51.7 Å². The van der Waals surface area contributed by atoms with E-state index in [-0.39, 0.29) is 0 Å². The van der Waals surface area contributed by atoms with Crippen LogP contribution < -0.4 is 5.32 Å². The van der Waals surface area contributed by atoms with E-state index in [2.05, 4.69) is 5.32 Å². The fraction of sp³-hybridized carbons (Fsp3) is 0.923. The molecule has 2 fully saturated rings. The van der Waals surface area contributed by atoms with Crippen molar-refractivity contribution in [2.24, 2.45) is 0 Å². The summed E-state index contributed by atoms with van der Waals surface area (Å²) in [5, 5.41) is 13.6. The zero-order valence-corrected chi connectivity index (χ0v) is 11.8. The second kappa shape index (κ2) is 6.26. The third-order valence-corrected chi connectivity index (χ3v) is 5.79. The van der Waals surface area contributed by atoms with Gasteiger partial charge in [-0.05, 0) is 45.6 Å². The van der Waals surface area contributed by atoms with Crippen LogP contribution >= 0.6 is 11.8 Å². The van der Waals surface area contributed by atoms with Crippen LogP contribution in [0, 0.1) is 0 Å². The van der Waals surface area contributed by atoms with Gasteiger partial charge in [0.15, 0.2) is 0 Å². The molecule has 2 atom stereocenters. The van der Waals surface area contributed by atoms with Crippen molar-refractivity contribution in [3.05, 3.63) is 0 Å². The van der Waals surface area contributed by atoms with Crippen LogP contribution in [0.15, 0.2) is 0 Å². The molecule has 1 aliphatic carbocycles. The quantitative estimate of drug-likeness (QED) is 0.819. The van der Waals surface area contributed by atoms with E-state index in [1.165, 1.54) is 0 Å². The molecule has 1 heterocycles. The number of hydrogen-bond acceptors (Lipinski definition) is 4. The monoisotopic (exact) mass is 273 g/mol. The smallest absolute Gasteiger partial charge is 0.323 e. The SMILES string of the molecule is CNC1(C(=O)O)CCCC(SC2CCOCC2)C1. The molecule has 1 aliphatic heterocycles. The molecule has 2 rings (SSSR count). The lowest BCUT2D eigenvalue weighted by molar-refractivity contribution is -0.146. The number of likely N-dealkylation sites (N-methyl/N-ethyl adjacent to an activating group) is 1. The highest BCUT2D eigenvalue weighted by Gasteiger charge is 2.42. The molecule has 2 aliphatic rings. The van der Waals surface area contributed by atoms with Crippen LogP contribution in [0.5, 0.6) is 0 Å². The minimum absolute atomic E-state index is 0.477. The van der Waals surface area contributed by atoms with E-state index < -0.39 is 11.5 Å². The Morgan fingerprint density at radius 3 is 2.67 bits per heavy atom. The molecule has 4 nitrogen and oxygen atoms in total. The molecule has 1 saturated heterocycles. The number of ether oxygens (including phenoxy) is 1. The molecule has 0 amide bonds. The Balaban J connectivity index is 1.91. The van der Waals surface area contributed by atoms with Gasteiger partial charge < -0.3 is 15.2 Å². The molecule has 0 radical (unpaired) electrons. The first-order chi connectivity index (χ1) is 8.66. The molecule has 1 saturated carbocycles. The van der Waals surface area contributed by atoms with E-state index >= 15 is 0 Å². The van der Waals surface area contributed by atoms with Crippen molar-refractivity contribution in [1.82, 2.24) is 5.32 Å². The van der Waals surface area contributed by atoms with Crippen LogP contribution in [0.4, 0.5) is 0 Å². The van der Waals surface area contributed by atoms with Crippen molar-refractivity contribution >= 4 is 17.7 Å². The fourth-order valence-electron chi connectivity index (χ4n) is 2.95. The molecular weight excluding hydrogens is 250 g/mol. The molecule has 104 valence electrons. The van der Waals surface area contributed by atoms with Crippen molar-refractivity contribution in [2.45, 2.75) is 54.6 Å². The largest absolute Gasteiger partial charge is 0.480 e. The maximum Gasteiger partial charge on any atom is 0.323 e. The summed E-state index contributed by atoms with van der Waals surface area (Å²) in [6.45, 7) is 1.72. The van der Waals surface area contributed by atoms with E-state index in [9.17, 15) is 9.90 Å². The van der Waals surface area contributed by atoms with E-state index in [1.54, 1.807) is 7.05 Å². The molecule has 5 heteroatoms. The van der Waals surface area contributed by atoms with Gasteiger partial charge in [-0.3, -0.25) is 4.79 Å². The summed E-state index contributed by atoms with van der Waals surface area (Å²) in [4.78, 5) is 11.5. The molecule has 2 unspecified atom stereocenters. The lowest BCUT2D eigenvalue weighted by Gasteiger charge is -2.38. The predicted octanol–water partition coefficient (Wildman–Crippen LogP) is 1.88. The minimum atomic E-state index is -0.693. The Hall–Kier alpha value is -0.260. The van der Waals surface area contributed by atoms with E-state index in [4.69, 9.17) is 4.74 Å². The number of thioether (sulfide) groups is 1. The van der Waals surface area contributed by atoms with Crippen LogP contribution in [0.3, 0.4) is 0 Å². The second-order valence-electron chi connectivity index (χ2n) is 5.30. The second-order valence-corrected chi connectivity index (χ2v) is 6.91. The summed E-state index contributed by atoms with van der Waals surface area (Å²) >= 11 is 1.99. The van der Waals surface area contributed by atoms with Crippen molar-refractivity contribution < 1.29 is 14.6 Å². The van der Waals surface area contributed by atoms with Gasteiger partial charge in [0.1, 0.15) is 5.54 Å². The van der Waals surface area contributed by atoms with Crippen molar-refractivity contribution in [3.63, 3.8) is 0 Å². The maximum absolute atomic E-state index is 11.5. The van der Waals surface area contributed by atoms with E-state index in [1.807, 2.05) is 11.8 Å². The van der Waals surface area contributed by atoms with Gasteiger partial charge in [0.25, 0.3) is 0 Å². The summed E-state index contributed by atoms with van der Waals surface area (Å²) in [7, 11) is 1.77. The molecule has 0 bridgehead atoms. The number of carboxylic acid groups (broad SMARTS) is 1. The number of hydrogen-bond donors (Lipinski definition) is 2. The summed E-state index contributed by atoms with van der Waals surface area (Å²) in [6.07, 6.45) is 5.89. The molecule has 2 N–H and O–H groups in total. The molecule has 0 aromatic rings. The molecule has 0 aromatic heterocycles. The van der Waals surface area contributed by atoms with Gasteiger partial charge in [0.2, 0.25) is 0 Å². The summed E-state index contributed by atoms with van der Waals surface area (Å²) < 4.78 is 5.37. The number of carbonyl (C=O) groups is 1. The summed E-state index contributed by atoms with van der Waals surface area (Å²) in [5.41, 5.74) is -0.693. The lowest BCUT2D eigenvalue weighted by atomic mass is 9.81. The normalized spacial score (nSPS) is 34.4. The summed E-state index contributed by atoms with van der Waals surface area (Å²) in [5.74, 6) is -0.692. The maximum atomic E-state index is 11.5. The Kier molecular flexibility index (Phi) is 4.92. The topological polar surface area (TPSA) is 58.6 Å². The first-order valence-electron chi connectivity index (χ1n) is 6.82. The van der Waals surface area contributed by atoms with Crippen molar-refractivity contribution in [3.8, 4) is 0 Å². The highest BCUT2D eigenvalue weighted by molar-refractivity contribution is 8.00. The van der Waals surface area contributed by atoms with Crippen LogP contribution in [-0.4, -0.2) is 47.4 Å². The Morgan fingerprint density at radius 1 is 1.33 bits per heavy atom. The highest BCUT2D eigenvalue weighted by atomic mass is 32.2. The van der Waals surface area contributed by atoms with Gasteiger partial charge in [-0.1, -0.05) is 0 Å². The standard InChI is InChI=1S/C13H23NO3S/c1-14-13(12(15)16)6-2-3-11(9-13)18-10-4-7-17-8-5-10/h10-11,14H,2-9H2,1H3,(H,15,16). The number of aliphatic carboxylic acids is 1. The van der Waals surface area contributed by atoms with Crippen LogP contribution in [0.2, 0.25) is 0 Å². The first kappa shape index (κ1) is 14.2. The van der Waals surface area contributed by atoms with Gasteiger partial charge in [0.05, 0.1) is 0 Å². The third kappa shape index (κ3) is 3.19. The summed E-state index contributed by atoms with van der Waals surface area (Å²) in [6, 6.07) is 0. The molecular formula is C13H23NO3S. The number of carboxylic acids is 1. The average Bonchev–Trinajstić information content (AvgIpc) is 2.40. The van der Waals surface area contributed by atoms with Gasteiger partial charge in [-0.15, -0.1) is 0 Å². The van der Waals surface area contributed by atoms with Crippen LogP contribution in [0.25, 0.3) is 0 Å². The highest BCUT2D eigenvalue weighted by Crippen LogP contribution is 2.38. The number of rotatable bonds is 4. The molecule has 18 heavy (non-hydrogen) atoms. The van der Waals surface area contributed by atoms with Gasteiger partial charge in [-0.2, -0.15) is 11.8 Å².